The minimum atomic E-state index is -1.22. The number of nitrogens with one attached hydrogen (secondary N) is 2. The predicted molar refractivity (Wildman–Crippen MR) is 147 cm³/mol. The average molecular weight is 520 g/mol. The molecule has 0 aliphatic carbocycles. The van der Waals surface area contributed by atoms with Crippen LogP contribution in [0.4, 0.5) is 4.79 Å². The lowest BCUT2D eigenvalue weighted by Crippen LogP contribution is -2.51. The number of benzene rings is 2. The molecule has 0 bridgehead atoms. The van der Waals surface area contributed by atoms with Crippen molar-refractivity contribution in [2.24, 2.45) is 0 Å². The number of ether oxygens (including phenoxy) is 1. The Bertz CT molecular complexity index is 1160. The van der Waals surface area contributed by atoms with Gasteiger partial charge in [-0.05, 0) is 50.8 Å². The van der Waals surface area contributed by atoms with Gasteiger partial charge in [-0.3, -0.25) is 14.5 Å². The highest BCUT2D eigenvalue weighted by Crippen LogP contribution is 2.26. The molecule has 2 aromatic carbocycles. The molecule has 7 nitrogen and oxygen atoms in total. The van der Waals surface area contributed by atoms with E-state index in [-0.39, 0.29) is 13.0 Å². The fraction of sp³-hybridized carbons (Fsp3) is 0.345. The van der Waals surface area contributed by atoms with Crippen LogP contribution in [0.15, 0.2) is 54.6 Å². The molecule has 0 aromatic heterocycles. The Morgan fingerprint density at radius 2 is 1.70 bits per heavy atom. The third-order valence-electron chi connectivity index (χ3n) is 5.20. The highest BCUT2D eigenvalue weighted by Gasteiger charge is 2.36. The molecule has 2 aromatic rings. The number of alkyl carbamates (subject to hydrolysis) is 1. The third-order valence-corrected chi connectivity index (χ3v) is 5.85. The van der Waals surface area contributed by atoms with Crippen molar-refractivity contribution >= 4 is 29.7 Å². The van der Waals surface area contributed by atoms with E-state index in [1.807, 2.05) is 36.6 Å². The van der Waals surface area contributed by atoms with Gasteiger partial charge < -0.3 is 15.4 Å². The van der Waals surface area contributed by atoms with Gasteiger partial charge in [0.2, 0.25) is 5.91 Å². The van der Waals surface area contributed by atoms with E-state index in [4.69, 9.17) is 17.6 Å². The molecule has 3 amide bonds. The van der Waals surface area contributed by atoms with Crippen molar-refractivity contribution in [3.8, 4) is 24.8 Å². The smallest absolute Gasteiger partial charge is 0.408 e. The van der Waals surface area contributed by atoms with E-state index in [0.717, 1.165) is 10.5 Å². The number of amides is 3. The monoisotopic (exact) mass is 519 g/mol. The first-order chi connectivity index (χ1) is 17.6. The molecule has 0 saturated carbocycles. The molecular weight excluding hydrogens is 486 g/mol. The molecular formula is C29H33N3O4S. The Balaban J connectivity index is 2.43. The summed E-state index contributed by atoms with van der Waals surface area (Å²) in [6, 6.07) is 16.3. The van der Waals surface area contributed by atoms with Crippen molar-refractivity contribution < 1.29 is 19.1 Å². The number of hydrogen-bond donors (Lipinski definition) is 2. The molecule has 2 rings (SSSR count). The molecule has 2 atom stereocenters. The zero-order chi connectivity index (χ0) is 27.4. The van der Waals surface area contributed by atoms with E-state index < -0.39 is 35.6 Å². The van der Waals surface area contributed by atoms with E-state index in [9.17, 15) is 14.4 Å². The minimum Gasteiger partial charge on any atom is -0.444 e. The van der Waals surface area contributed by atoms with Crippen LogP contribution in [0.2, 0.25) is 0 Å². The van der Waals surface area contributed by atoms with E-state index in [0.29, 0.717) is 16.9 Å². The van der Waals surface area contributed by atoms with Gasteiger partial charge in [-0.2, -0.15) is 11.8 Å². The second-order valence-electron chi connectivity index (χ2n) is 9.16. The first-order valence-corrected chi connectivity index (χ1v) is 13.2. The lowest BCUT2D eigenvalue weighted by Gasteiger charge is -2.31. The summed E-state index contributed by atoms with van der Waals surface area (Å²) in [6.07, 6.45) is 12.9. The van der Waals surface area contributed by atoms with Crippen molar-refractivity contribution in [1.82, 2.24) is 15.5 Å². The Morgan fingerprint density at radius 3 is 2.30 bits per heavy atom. The normalized spacial score (nSPS) is 12.3. The zero-order valence-electron chi connectivity index (χ0n) is 21.6. The van der Waals surface area contributed by atoms with Crippen LogP contribution in [0, 0.1) is 24.8 Å². The van der Waals surface area contributed by atoms with Crippen LogP contribution < -0.4 is 10.6 Å². The molecule has 0 aliphatic rings. The summed E-state index contributed by atoms with van der Waals surface area (Å²) >= 11 is 1.51. The third kappa shape index (κ3) is 8.93. The molecule has 2 N–H and O–H groups in total. The molecule has 0 spiro atoms. The lowest BCUT2D eigenvalue weighted by molar-refractivity contribution is -0.138. The Labute approximate surface area is 223 Å². The van der Waals surface area contributed by atoms with Crippen LogP contribution in [0.5, 0.6) is 0 Å². The molecule has 8 heteroatoms. The highest BCUT2D eigenvalue weighted by atomic mass is 32.2. The molecule has 0 saturated heterocycles. The summed E-state index contributed by atoms with van der Waals surface area (Å²) in [5.41, 5.74) is 0.955. The molecule has 0 fully saturated rings. The largest absolute Gasteiger partial charge is 0.444 e. The minimum absolute atomic E-state index is 0.229. The topological polar surface area (TPSA) is 87.7 Å². The summed E-state index contributed by atoms with van der Waals surface area (Å²) in [4.78, 5) is 40.8. The van der Waals surface area contributed by atoms with Crippen LogP contribution in [-0.2, 0) is 20.9 Å². The van der Waals surface area contributed by atoms with Crippen molar-refractivity contribution in [2.45, 2.75) is 51.4 Å². The van der Waals surface area contributed by atoms with Gasteiger partial charge in [0, 0.05) is 23.7 Å². The van der Waals surface area contributed by atoms with Gasteiger partial charge in [0.15, 0.2) is 0 Å². The number of carbonyl (C=O) groups is 3. The van der Waals surface area contributed by atoms with Gasteiger partial charge in [-0.25, -0.2) is 4.79 Å². The number of terminal acetylenes is 2. The SMILES string of the molecule is C#Cc1ccccc1C(C(=O)NCc1ccccc1)N(C#C)C(=O)C(CCSC)NC(=O)OC(C)(C)C. The standard InChI is InChI=1S/C29H33N3O4S/c1-7-22-16-12-13-17-23(22)25(26(33)30-20-21-14-10-9-11-15-21)32(8-2)27(34)24(18-19-37-6)31-28(35)36-29(3,4)5/h1-2,9-17,24-25H,18-20H2,3-6H3,(H,30,33)(H,31,35). The summed E-state index contributed by atoms with van der Waals surface area (Å²) in [6.45, 7) is 5.40. The molecule has 2 unspecified atom stereocenters. The maximum Gasteiger partial charge on any atom is 0.408 e. The summed E-state index contributed by atoms with van der Waals surface area (Å²) in [5.74, 6) is 2.01. The predicted octanol–water partition coefficient (Wildman–Crippen LogP) is 4.09. The van der Waals surface area contributed by atoms with Gasteiger partial charge in [0.1, 0.15) is 17.7 Å². The maximum atomic E-state index is 13.7. The second kappa shape index (κ2) is 14.0. The number of hydrogen-bond acceptors (Lipinski definition) is 5. The molecule has 0 radical (unpaired) electrons. The first kappa shape index (κ1) is 29.4. The van der Waals surface area contributed by atoms with Crippen molar-refractivity contribution in [3.63, 3.8) is 0 Å². The summed E-state index contributed by atoms with van der Waals surface area (Å²) < 4.78 is 5.34. The van der Waals surface area contributed by atoms with Gasteiger partial charge in [0.25, 0.3) is 5.91 Å². The summed E-state index contributed by atoms with van der Waals surface area (Å²) in [7, 11) is 0. The Morgan fingerprint density at radius 1 is 1.05 bits per heavy atom. The molecule has 0 heterocycles. The van der Waals surface area contributed by atoms with Crippen LogP contribution in [0.1, 0.15) is 49.9 Å². The van der Waals surface area contributed by atoms with Crippen molar-refractivity contribution in [3.05, 3.63) is 71.3 Å². The number of rotatable bonds is 10. The van der Waals surface area contributed by atoms with Crippen molar-refractivity contribution in [2.75, 3.05) is 12.0 Å². The number of nitrogens with zero attached hydrogens (tertiary/aromatic N) is 1. The van der Waals surface area contributed by atoms with Crippen LogP contribution in [0.3, 0.4) is 0 Å². The van der Waals surface area contributed by atoms with Crippen LogP contribution >= 0.6 is 11.8 Å². The second-order valence-corrected chi connectivity index (χ2v) is 10.1. The number of thioether (sulfide) groups is 1. The fourth-order valence-electron chi connectivity index (χ4n) is 3.52. The molecule has 194 valence electrons. The van der Waals surface area contributed by atoms with Crippen molar-refractivity contribution in [1.29, 1.82) is 0 Å². The number of carbonyl (C=O) groups excluding carboxylic acids is 3. The van der Waals surface area contributed by atoms with Crippen LogP contribution in [-0.4, -0.2) is 46.5 Å². The van der Waals surface area contributed by atoms with E-state index in [1.165, 1.54) is 11.8 Å². The van der Waals surface area contributed by atoms with E-state index in [2.05, 4.69) is 22.6 Å². The molecule has 0 aliphatic heterocycles. The van der Waals surface area contributed by atoms with E-state index in [1.54, 1.807) is 45.0 Å². The van der Waals surface area contributed by atoms with Gasteiger partial charge >= 0.3 is 6.09 Å². The quantitative estimate of drug-likeness (QED) is 0.365. The van der Waals surface area contributed by atoms with Gasteiger partial charge in [-0.15, -0.1) is 6.42 Å². The highest BCUT2D eigenvalue weighted by molar-refractivity contribution is 7.98. The lowest BCUT2D eigenvalue weighted by atomic mass is 9.97. The fourth-order valence-corrected chi connectivity index (χ4v) is 3.99. The average Bonchev–Trinajstić information content (AvgIpc) is 2.87. The van der Waals surface area contributed by atoms with Crippen LogP contribution in [0.25, 0.3) is 0 Å². The first-order valence-electron chi connectivity index (χ1n) is 11.8. The maximum absolute atomic E-state index is 13.7. The van der Waals surface area contributed by atoms with Gasteiger partial charge in [0.05, 0.1) is 0 Å². The van der Waals surface area contributed by atoms with Gasteiger partial charge in [-0.1, -0.05) is 60.9 Å². The zero-order valence-corrected chi connectivity index (χ0v) is 22.4. The Kier molecular flexibility index (Phi) is 11.1. The van der Waals surface area contributed by atoms with E-state index >= 15 is 0 Å². The summed E-state index contributed by atoms with van der Waals surface area (Å²) in [5, 5.41) is 5.48. The molecule has 37 heavy (non-hydrogen) atoms. The Hall–Kier alpha value is -3.88.